The van der Waals surface area contributed by atoms with Gasteiger partial charge >= 0.3 is 11.7 Å². The van der Waals surface area contributed by atoms with Gasteiger partial charge in [-0.25, -0.2) is 9.59 Å². The first-order valence-corrected chi connectivity index (χ1v) is 8.51. The summed E-state index contributed by atoms with van der Waals surface area (Å²) in [4.78, 5) is 49.4. The van der Waals surface area contributed by atoms with E-state index in [2.05, 4.69) is 10.7 Å². The minimum Gasteiger partial charge on any atom is -0.422 e. The Labute approximate surface area is 148 Å². The number of para-hydroxylation sites is 1. The molecule has 1 spiro atoms. The van der Waals surface area contributed by atoms with Crippen molar-refractivity contribution in [2.24, 2.45) is 0 Å². The Hall–Kier alpha value is -3.16. The van der Waals surface area contributed by atoms with Crippen LogP contribution in [0.3, 0.4) is 0 Å². The van der Waals surface area contributed by atoms with Crippen molar-refractivity contribution in [1.29, 1.82) is 0 Å². The molecule has 8 heteroatoms. The van der Waals surface area contributed by atoms with Gasteiger partial charge in [0, 0.05) is 5.39 Å². The van der Waals surface area contributed by atoms with Gasteiger partial charge in [-0.1, -0.05) is 37.5 Å². The van der Waals surface area contributed by atoms with Crippen molar-refractivity contribution in [2.75, 3.05) is 0 Å². The van der Waals surface area contributed by atoms with Gasteiger partial charge in [0.15, 0.2) is 0 Å². The van der Waals surface area contributed by atoms with Crippen molar-refractivity contribution in [3.8, 4) is 0 Å². The number of nitrogens with zero attached hydrogens (tertiary/aromatic N) is 1. The molecule has 2 aromatic rings. The van der Waals surface area contributed by atoms with Crippen LogP contribution in [0.2, 0.25) is 0 Å². The number of carbonyl (C=O) groups is 3. The molecule has 1 aliphatic carbocycles. The maximum atomic E-state index is 12.7. The summed E-state index contributed by atoms with van der Waals surface area (Å²) in [6.45, 7) is 0. The van der Waals surface area contributed by atoms with Crippen LogP contribution in [0.15, 0.2) is 39.5 Å². The molecule has 0 radical (unpaired) electrons. The molecule has 2 N–H and O–H groups in total. The Kier molecular flexibility index (Phi) is 3.75. The average Bonchev–Trinajstić information content (AvgIpc) is 2.85. The fraction of sp³-hybridized carbons (Fsp3) is 0.333. The lowest BCUT2D eigenvalue weighted by Gasteiger charge is -2.30. The van der Waals surface area contributed by atoms with Crippen molar-refractivity contribution in [2.45, 2.75) is 37.6 Å². The molecule has 26 heavy (non-hydrogen) atoms. The molecule has 1 saturated heterocycles. The van der Waals surface area contributed by atoms with E-state index < -0.39 is 29.0 Å². The van der Waals surface area contributed by atoms with Gasteiger partial charge < -0.3 is 9.73 Å². The minimum absolute atomic E-state index is 0.270. The van der Waals surface area contributed by atoms with Gasteiger partial charge in [0.2, 0.25) is 0 Å². The molecule has 1 saturated carbocycles. The Morgan fingerprint density at radius 3 is 2.62 bits per heavy atom. The van der Waals surface area contributed by atoms with Crippen LogP contribution < -0.4 is 16.4 Å². The van der Waals surface area contributed by atoms with Crippen molar-refractivity contribution in [3.05, 3.63) is 46.3 Å². The molecule has 0 bridgehead atoms. The third-order valence-corrected chi connectivity index (χ3v) is 4.97. The lowest BCUT2D eigenvalue weighted by molar-refractivity contribution is -0.134. The maximum Gasteiger partial charge on any atom is 0.349 e. The predicted molar refractivity (Wildman–Crippen MR) is 91.1 cm³/mol. The van der Waals surface area contributed by atoms with Gasteiger partial charge in [-0.05, 0) is 25.0 Å². The van der Waals surface area contributed by atoms with Crippen molar-refractivity contribution >= 4 is 28.8 Å². The molecule has 2 aliphatic rings. The second-order valence-electron chi connectivity index (χ2n) is 6.64. The van der Waals surface area contributed by atoms with Gasteiger partial charge in [0.1, 0.15) is 16.7 Å². The summed E-state index contributed by atoms with van der Waals surface area (Å²) in [6, 6.07) is 7.46. The van der Waals surface area contributed by atoms with Crippen LogP contribution in [0.4, 0.5) is 4.79 Å². The third kappa shape index (κ3) is 2.54. The van der Waals surface area contributed by atoms with Crippen LogP contribution in [0.25, 0.3) is 11.0 Å². The van der Waals surface area contributed by atoms with E-state index in [1.807, 2.05) is 0 Å². The molecular weight excluding hydrogens is 338 g/mol. The minimum atomic E-state index is -0.948. The Morgan fingerprint density at radius 1 is 1.12 bits per heavy atom. The molecule has 1 aromatic heterocycles. The van der Waals surface area contributed by atoms with Crippen molar-refractivity contribution in [1.82, 2.24) is 15.8 Å². The highest BCUT2D eigenvalue weighted by Gasteiger charge is 2.52. The van der Waals surface area contributed by atoms with Gasteiger partial charge in [-0.3, -0.25) is 15.0 Å². The second-order valence-corrected chi connectivity index (χ2v) is 6.64. The first-order chi connectivity index (χ1) is 12.5. The van der Waals surface area contributed by atoms with E-state index in [1.165, 1.54) is 6.07 Å². The lowest BCUT2D eigenvalue weighted by atomic mass is 9.82. The van der Waals surface area contributed by atoms with E-state index in [0.29, 0.717) is 28.8 Å². The van der Waals surface area contributed by atoms with Crippen molar-refractivity contribution in [3.63, 3.8) is 0 Å². The first-order valence-electron chi connectivity index (χ1n) is 8.51. The van der Waals surface area contributed by atoms with E-state index in [1.54, 1.807) is 24.3 Å². The number of imide groups is 1. The number of hydrazine groups is 1. The van der Waals surface area contributed by atoms with Crippen LogP contribution in [0.5, 0.6) is 0 Å². The largest absolute Gasteiger partial charge is 0.422 e. The zero-order valence-electron chi connectivity index (χ0n) is 13.9. The third-order valence-electron chi connectivity index (χ3n) is 4.97. The number of urea groups is 1. The average molecular weight is 355 g/mol. The number of amides is 4. The lowest BCUT2D eigenvalue weighted by Crippen LogP contribution is -2.51. The van der Waals surface area contributed by atoms with E-state index in [0.717, 1.165) is 19.3 Å². The predicted octanol–water partition coefficient (Wildman–Crippen LogP) is 1.69. The summed E-state index contributed by atoms with van der Waals surface area (Å²) in [7, 11) is 0. The van der Waals surface area contributed by atoms with Crippen LogP contribution in [0, 0.1) is 0 Å². The van der Waals surface area contributed by atoms with Gasteiger partial charge in [-0.2, -0.15) is 5.01 Å². The number of benzene rings is 1. The standard InChI is InChI=1S/C18H17N3O5/c22-14(12-10-11-6-2-3-7-13(11)26-15(12)23)20-21-16(24)18(19-17(21)25)8-4-1-5-9-18/h2-3,6-7,10H,1,4-5,8-9H2,(H,19,25)(H,20,22). The van der Waals surface area contributed by atoms with Gasteiger partial charge in [0.25, 0.3) is 11.8 Å². The monoisotopic (exact) mass is 355 g/mol. The quantitative estimate of drug-likeness (QED) is 0.629. The normalized spacial score (nSPS) is 19.0. The molecule has 1 aromatic carbocycles. The Balaban J connectivity index is 1.60. The SMILES string of the molecule is O=C(NN1C(=O)NC2(CCCCC2)C1=O)c1cc2ccccc2oc1=O. The number of rotatable bonds is 2. The zero-order chi connectivity index (χ0) is 18.3. The fourth-order valence-electron chi connectivity index (χ4n) is 3.60. The summed E-state index contributed by atoms with van der Waals surface area (Å²) >= 11 is 0. The van der Waals surface area contributed by atoms with E-state index in [-0.39, 0.29) is 5.56 Å². The number of hydrogen-bond donors (Lipinski definition) is 2. The topological polar surface area (TPSA) is 109 Å². The molecule has 2 fully saturated rings. The zero-order valence-corrected chi connectivity index (χ0v) is 13.9. The summed E-state index contributed by atoms with van der Waals surface area (Å²) in [5.74, 6) is -1.35. The van der Waals surface area contributed by atoms with E-state index >= 15 is 0 Å². The summed E-state index contributed by atoms with van der Waals surface area (Å²) < 4.78 is 5.12. The number of fused-ring (bicyclic) bond motifs is 1. The summed E-state index contributed by atoms with van der Waals surface area (Å²) in [5, 5.41) is 3.93. The Bertz CT molecular complexity index is 974. The summed E-state index contributed by atoms with van der Waals surface area (Å²) in [6.07, 6.45) is 3.77. The van der Waals surface area contributed by atoms with E-state index in [4.69, 9.17) is 4.42 Å². The van der Waals surface area contributed by atoms with Crippen LogP contribution in [-0.2, 0) is 4.79 Å². The molecule has 134 valence electrons. The smallest absolute Gasteiger partial charge is 0.349 e. The fourth-order valence-corrected chi connectivity index (χ4v) is 3.60. The van der Waals surface area contributed by atoms with Crippen LogP contribution in [0.1, 0.15) is 42.5 Å². The highest BCUT2D eigenvalue weighted by Crippen LogP contribution is 2.33. The maximum absolute atomic E-state index is 12.7. The molecule has 0 unspecified atom stereocenters. The van der Waals surface area contributed by atoms with Gasteiger partial charge in [-0.15, -0.1) is 0 Å². The van der Waals surface area contributed by atoms with Gasteiger partial charge in [0.05, 0.1) is 0 Å². The molecule has 2 heterocycles. The number of nitrogens with one attached hydrogen (secondary N) is 2. The Morgan fingerprint density at radius 2 is 1.85 bits per heavy atom. The highest BCUT2D eigenvalue weighted by molar-refractivity contribution is 6.09. The van der Waals surface area contributed by atoms with Crippen LogP contribution in [-0.4, -0.2) is 28.4 Å². The van der Waals surface area contributed by atoms with Crippen LogP contribution >= 0.6 is 0 Å². The molecule has 0 atom stereocenters. The highest BCUT2D eigenvalue weighted by atomic mass is 16.4. The first kappa shape index (κ1) is 16.3. The van der Waals surface area contributed by atoms with E-state index in [9.17, 15) is 19.2 Å². The molecule has 4 rings (SSSR count). The molecular formula is C18H17N3O5. The van der Waals surface area contributed by atoms with Crippen molar-refractivity contribution < 1.29 is 18.8 Å². The summed E-state index contributed by atoms with van der Waals surface area (Å²) in [5.41, 5.74) is 0.547. The second kappa shape index (κ2) is 5.98. The number of hydrogen-bond acceptors (Lipinski definition) is 5. The molecule has 1 aliphatic heterocycles. The molecule has 4 amide bonds. The number of carbonyl (C=O) groups excluding carboxylic acids is 3. The molecule has 8 nitrogen and oxygen atoms in total.